The SMILES string of the molecule is O=C(CSc1nnc(COc2ccccc2)n1-c1ccc(Cl)cc1)Nc1ccc(F)c(F)c1. The molecule has 10 heteroatoms. The van der Waals surface area contributed by atoms with Gasteiger partial charge in [0.2, 0.25) is 5.91 Å². The van der Waals surface area contributed by atoms with Crippen molar-refractivity contribution in [3.8, 4) is 11.4 Å². The summed E-state index contributed by atoms with van der Waals surface area (Å²) in [5.41, 5.74) is 0.912. The maximum absolute atomic E-state index is 13.4. The Hall–Kier alpha value is -3.43. The van der Waals surface area contributed by atoms with Crippen molar-refractivity contribution in [2.24, 2.45) is 0 Å². The summed E-state index contributed by atoms with van der Waals surface area (Å²) in [4.78, 5) is 12.3. The van der Waals surface area contributed by atoms with Crippen molar-refractivity contribution < 1.29 is 18.3 Å². The van der Waals surface area contributed by atoms with E-state index in [0.717, 1.165) is 29.6 Å². The number of nitrogens with one attached hydrogen (secondary N) is 1. The van der Waals surface area contributed by atoms with Gasteiger partial charge in [-0.25, -0.2) is 8.78 Å². The third-order valence-electron chi connectivity index (χ3n) is 4.43. The zero-order valence-corrected chi connectivity index (χ0v) is 18.6. The molecule has 1 heterocycles. The first-order valence-electron chi connectivity index (χ1n) is 9.75. The topological polar surface area (TPSA) is 69.0 Å². The van der Waals surface area contributed by atoms with Gasteiger partial charge in [0.05, 0.1) is 5.75 Å². The normalized spacial score (nSPS) is 10.8. The molecule has 0 unspecified atom stereocenters. The minimum Gasteiger partial charge on any atom is -0.486 e. The summed E-state index contributed by atoms with van der Waals surface area (Å²) in [5.74, 6) is -1.23. The van der Waals surface area contributed by atoms with Crippen LogP contribution in [0.5, 0.6) is 5.75 Å². The number of carbonyl (C=O) groups excluding carboxylic acids is 1. The van der Waals surface area contributed by atoms with E-state index < -0.39 is 17.5 Å². The molecular weight excluding hydrogens is 470 g/mol. The Kier molecular flexibility index (Phi) is 7.21. The Morgan fingerprint density at radius 1 is 1.00 bits per heavy atom. The van der Waals surface area contributed by atoms with Crippen molar-refractivity contribution in [3.05, 3.63) is 95.3 Å². The van der Waals surface area contributed by atoms with Crippen LogP contribution in [0, 0.1) is 11.6 Å². The molecule has 0 spiro atoms. The van der Waals surface area contributed by atoms with Crippen molar-refractivity contribution in [2.75, 3.05) is 11.1 Å². The third kappa shape index (κ3) is 5.88. The Morgan fingerprint density at radius 3 is 2.48 bits per heavy atom. The van der Waals surface area contributed by atoms with Crippen LogP contribution in [-0.2, 0) is 11.4 Å². The minimum absolute atomic E-state index is 0.0236. The molecular formula is C23H17ClF2N4O2S. The van der Waals surface area contributed by atoms with Gasteiger partial charge in [-0.05, 0) is 48.5 Å². The minimum atomic E-state index is -1.04. The van der Waals surface area contributed by atoms with Crippen LogP contribution in [0.2, 0.25) is 5.02 Å². The highest BCUT2D eigenvalue weighted by molar-refractivity contribution is 7.99. The Morgan fingerprint density at radius 2 is 1.76 bits per heavy atom. The third-order valence-corrected chi connectivity index (χ3v) is 5.61. The molecule has 0 fully saturated rings. The van der Waals surface area contributed by atoms with Crippen LogP contribution >= 0.6 is 23.4 Å². The zero-order valence-electron chi connectivity index (χ0n) is 17.0. The lowest BCUT2D eigenvalue weighted by molar-refractivity contribution is -0.113. The van der Waals surface area contributed by atoms with Gasteiger partial charge in [0.25, 0.3) is 0 Å². The second kappa shape index (κ2) is 10.5. The Balaban J connectivity index is 1.50. The van der Waals surface area contributed by atoms with Crippen molar-refractivity contribution in [1.82, 2.24) is 14.8 Å². The van der Waals surface area contributed by atoms with Crippen LogP contribution in [0.4, 0.5) is 14.5 Å². The van der Waals surface area contributed by atoms with Gasteiger partial charge in [-0.3, -0.25) is 9.36 Å². The number of anilines is 1. The summed E-state index contributed by atoms with van der Waals surface area (Å²) in [6.07, 6.45) is 0. The second-order valence-corrected chi connectivity index (χ2v) is 8.16. The average molecular weight is 487 g/mol. The van der Waals surface area contributed by atoms with Crippen molar-refractivity contribution in [3.63, 3.8) is 0 Å². The van der Waals surface area contributed by atoms with Crippen LogP contribution in [0.15, 0.2) is 78.0 Å². The molecule has 0 aliphatic rings. The van der Waals surface area contributed by atoms with E-state index in [4.69, 9.17) is 16.3 Å². The number of carbonyl (C=O) groups is 1. The van der Waals surface area contributed by atoms with Crippen molar-refractivity contribution >= 4 is 35.0 Å². The summed E-state index contributed by atoms with van der Waals surface area (Å²) in [5, 5.41) is 12.0. The predicted octanol–water partition coefficient (Wildman–Crippen LogP) is 5.51. The average Bonchev–Trinajstić information content (AvgIpc) is 3.23. The van der Waals surface area contributed by atoms with Crippen molar-refractivity contribution in [2.45, 2.75) is 11.8 Å². The highest BCUT2D eigenvalue weighted by atomic mass is 35.5. The molecule has 0 aliphatic carbocycles. The van der Waals surface area contributed by atoms with Crippen molar-refractivity contribution in [1.29, 1.82) is 0 Å². The first-order valence-corrected chi connectivity index (χ1v) is 11.1. The first kappa shape index (κ1) is 22.8. The maximum atomic E-state index is 13.4. The highest BCUT2D eigenvalue weighted by Gasteiger charge is 2.17. The van der Waals surface area contributed by atoms with Gasteiger partial charge < -0.3 is 10.1 Å². The lowest BCUT2D eigenvalue weighted by atomic mass is 10.3. The summed E-state index contributed by atoms with van der Waals surface area (Å²) in [6.45, 7) is 0.154. The molecule has 0 atom stereocenters. The van der Waals surface area contributed by atoms with Gasteiger partial charge in [-0.1, -0.05) is 41.6 Å². The maximum Gasteiger partial charge on any atom is 0.234 e. The van der Waals surface area contributed by atoms with E-state index in [2.05, 4.69) is 15.5 Å². The van der Waals surface area contributed by atoms with Gasteiger partial charge in [0.15, 0.2) is 22.6 Å². The van der Waals surface area contributed by atoms with Gasteiger partial charge in [-0.2, -0.15) is 0 Å². The van der Waals surface area contributed by atoms with E-state index in [0.29, 0.717) is 21.8 Å². The molecule has 3 aromatic carbocycles. The molecule has 33 heavy (non-hydrogen) atoms. The smallest absolute Gasteiger partial charge is 0.234 e. The number of para-hydroxylation sites is 1. The fraction of sp³-hybridized carbons (Fsp3) is 0.0870. The number of ether oxygens (including phenoxy) is 1. The van der Waals surface area contributed by atoms with Gasteiger partial charge in [-0.15, -0.1) is 10.2 Å². The molecule has 1 aromatic heterocycles. The number of halogens is 3. The largest absolute Gasteiger partial charge is 0.486 e. The number of thioether (sulfide) groups is 1. The van der Waals surface area contributed by atoms with E-state index in [1.54, 1.807) is 16.7 Å². The molecule has 0 aliphatic heterocycles. The first-order chi connectivity index (χ1) is 16.0. The highest BCUT2D eigenvalue weighted by Crippen LogP contribution is 2.25. The predicted molar refractivity (Wildman–Crippen MR) is 123 cm³/mol. The fourth-order valence-electron chi connectivity index (χ4n) is 2.90. The molecule has 0 bridgehead atoms. The van der Waals surface area contributed by atoms with Crippen LogP contribution in [0.1, 0.15) is 5.82 Å². The number of benzene rings is 3. The second-order valence-electron chi connectivity index (χ2n) is 6.78. The molecule has 1 amide bonds. The number of hydrogen-bond donors (Lipinski definition) is 1. The summed E-state index contributed by atoms with van der Waals surface area (Å²) in [7, 11) is 0. The van der Waals surface area contributed by atoms with E-state index in [-0.39, 0.29) is 18.0 Å². The van der Waals surface area contributed by atoms with E-state index in [1.165, 1.54) is 6.07 Å². The molecule has 168 valence electrons. The Bertz CT molecular complexity index is 1250. The quantitative estimate of drug-likeness (QED) is 0.333. The molecule has 4 rings (SSSR count). The number of hydrogen-bond acceptors (Lipinski definition) is 5. The zero-order chi connectivity index (χ0) is 23.2. The van der Waals surface area contributed by atoms with Crippen LogP contribution in [0.3, 0.4) is 0 Å². The fourth-order valence-corrected chi connectivity index (χ4v) is 3.80. The van der Waals surface area contributed by atoms with Crippen LogP contribution in [-0.4, -0.2) is 26.4 Å². The van der Waals surface area contributed by atoms with Gasteiger partial charge >= 0.3 is 0 Å². The molecule has 1 N–H and O–H groups in total. The Labute approximate surface area is 197 Å². The number of nitrogens with zero attached hydrogens (tertiary/aromatic N) is 3. The van der Waals surface area contributed by atoms with Gasteiger partial charge in [0.1, 0.15) is 12.4 Å². The number of rotatable bonds is 8. The van der Waals surface area contributed by atoms with E-state index >= 15 is 0 Å². The monoisotopic (exact) mass is 486 g/mol. The standard InChI is InChI=1S/C23H17ClF2N4O2S/c24-15-6-9-17(10-7-15)30-21(13-32-18-4-2-1-3-5-18)28-29-23(30)33-14-22(31)27-16-8-11-19(25)20(26)12-16/h1-12H,13-14H2,(H,27,31). The van der Waals surface area contributed by atoms with E-state index in [1.807, 2.05) is 42.5 Å². The molecule has 4 aromatic rings. The lowest BCUT2D eigenvalue weighted by Crippen LogP contribution is -2.15. The summed E-state index contributed by atoms with van der Waals surface area (Å²) in [6, 6.07) is 19.6. The van der Waals surface area contributed by atoms with Crippen LogP contribution in [0.25, 0.3) is 5.69 Å². The van der Waals surface area contributed by atoms with E-state index in [9.17, 15) is 13.6 Å². The number of aromatic nitrogens is 3. The van der Waals surface area contributed by atoms with Crippen LogP contribution < -0.4 is 10.1 Å². The summed E-state index contributed by atoms with van der Waals surface area (Å²) >= 11 is 7.17. The summed E-state index contributed by atoms with van der Waals surface area (Å²) < 4.78 is 34.0. The molecule has 6 nitrogen and oxygen atoms in total. The lowest BCUT2D eigenvalue weighted by Gasteiger charge is -2.11. The number of amides is 1. The molecule has 0 radical (unpaired) electrons. The van der Waals surface area contributed by atoms with Gasteiger partial charge in [0, 0.05) is 22.5 Å². The molecule has 0 saturated carbocycles. The molecule has 0 saturated heterocycles.